The number of ketones is 1. The minimum Gasteiger partial charge on any atom is -0.512 e. The molecule has 0 saturated carbocycles. The summed E-state index contributed by atoms with van der Waals surface area (Å²) in [5.41, 5.74) is 10.6. The van der Waals surface area contributed by atoms with Gasteiger partial charge >= 0.3 is 0 Å². The summed E-state index contributed by atoms with van der Waals surface area (Å²) in [6.07, 6.45) is 10.1. The smallest absolute Gasteiger partial charge is 0.162 e. The van der Waals surface area contributed by atoms with Crippen LogP contribution in [0.3, 0.4) is 0 Å². The van der Waals surface area contributed by atoms with Crippen LogP contribution in [-0.4, -0.2) is 15.9 Å². The molecule has 0 amide bonds. The van der Waals surface area contributed by atoms with Gasteiger partial charge in [0.15, 0.2) is 5.78 Å². The molecule has 48 heavy (non-hydrogen) atoms. The molecule has 4 aromatic rings. The summed E-state index contributed by atoms with van der Waals surface area (Å²) in [4.78, 5) is 16.6. The van der Waals surface area contributed by atoms with Gasteiger partial charge in [0, 0.05) is 49.9 Å². The first-order valence-electron chi connectivity index (χ1n) is 17.9. The monoisotopic (exact) mass is 823 g/mol. The molecule has 1 aliphatic carbocycles. The van der Waals surface area contributed by atoms with Crippen LogP contribution in [0.5, 0.6) is 0 Å². The number of aryl methyl sites for hydroxylation is 1. The van der Waals surface area contributed by atoms with Crippen molar-refractivity contribution in [3.05, 3.63) is 101 Å². The van der Waals surface area contributed by atoms with Crippen LogP contribution in [0.1, 0.15) is 110 Å². The number of benzene rings is 3. The Morgan fingerprint density at radius 1 is 0.896 bits per heavy atom. The Bertz CT molecular complexity index is 1700. The molecule has 0 unspecified atom stereocenters. The molecular formula is C44H56IrNO2-. The molecule has 259 valence electrons. The molecule has 1 aliphatic rings. The van der Waals surface area contributed by atoms with E-state index >= 15 is 0 Å². The number of aliphatic hydroxyl groups is 1. The van der Waals surface area contributed by atoms with Crippen molar-refractivity contribution in [1.82, 2.24) is 4.98 Å². The fraction of sp³-hybridized carbons (Fsp3) is 0.455. The summed E-state index contributed by atoms with van der Waals surface area (Å²) in [6, 6.07) is 23.9. The Hall–Kier alpha value is -3.07. The molecule has 1 N–H and O–H groups in total. The second-order valence-corrected chi connectivity index (χ2v) is 14.7. The van der Waals surface area contributed by atoms with E-state index in [0.717, 1.165) is 56.2 Å². The summed E-state index contributed by atoms with van der Waals surface area (Å²) in [6.45, 7) is 19.5. The van der Waals surface area contributed by atoms with Crippen LogP contribution in [0.2, 0.25) is 0 Å². The topological polar surface area (TPSA) is 50.2 Å². The first-order valence-corrected chi connectivity index (χ1v) is 17.9. The van der Waals surface area contributed by atoms with Crippen molar-refractivity contribution in [1.29, 1.82) is 0 Å². The van der Waals surface area contributed by atoms with Crippen molar-refractivity contribution in [2.75, 3.05) is 0 Å². The molecule has 5 rings (SSSR count). The second-order valence-electron chi connectivity index (χ2n) is 14.7. The molecule has 0 spiro atoms. The van der Waals surface area contributed by atoms with Gasteiger partial charge in [-0.15, -0.1) is 29.1 Å². The fourth-order valence-electron chi connectivity index (χ4n) is 6.96. The fourth-order valence-corrected chi connectivity index (χ4v) is 6.96. The number of aromatic nitrogens is 1. The zero-order chi connectivity index (χ0) is 34.3. The van der Waals surface area contributed by atoms with Crippen molar-refractivity contribution >= 4 is 16.6 Å². The summed E-state index contributed by atoms with van der Waals surface area (Å²) in [5.74, 6) is 1.23. The molecule has 0 saturated heterocycles. The van der Waals surface area contributed by atoms with Crippen LogP contribution in [0, 0.1) is 23.8 Å². The van der Waals surface area contributed by atoms with Crippen molar-refractivity contribution in [3.8, 4) is 22.4 Å². The van der Waals surface area contributed by atoms with Gasteiger partial charge in [0.1, 0.15) is 0 Å². The van der Waals surface area contributed by atoms with Crippen LogP contribution in [0.15, 0.2) is 72.6 Å². The Morgan fingerprint density at radius 3 is 2.19 bits per heavy atom. The summed E-state index contributed by atoms with van der Waals surface area (Å²) in [5, 5.41) is 12.2. The van der Waals surface area contributed by atoms with E-state index in [2.05, 4.69) is 95.3 Å². The van der Waals surface area contributed by atoms with E-state index in [1.807, 2.05) is 33.9 Å². The standard InChI is InChI=1S/C31H32N.C13H24O2.Ir/c1-20(2)16-21-10-12-25-23(17-21)11-13-28-27(25)14-15-32-30(28)24-18-22-8-6-7-9-26(22)29(19-24)31(3,4)5;1-5-10(6-2)12(14)9-13(15)11(7-3)8-4;/h6-10,12,14-15,17,19-20H,11,13,16H2,1-5H3;9-11,14H,5-8H2,1-4H3;/q-1;;/b;12-9-;. The van der Waals surface area contributed by atoms with Crippen molar-refractivity contribution < 1.29 is 30.0 Å². The zero-order valence-electron chi connectivity index (χ0n) is 30.7. The van der Waals surface area contributed by atoms with E-state index in [4.69, 9.17) is 4.98 Å². The number of hydrogen-bond acceptors (Lipinski definition) is 3. The molecule has 1 heterocycles. The molecule has 0 bridgehead atoms. The Kier molecular flexibility index (Phi) is 14.4. The minimum atomic E-state index is 0. The SMILES string of the molecule is CC(C)Cc1ccc2c(c1)CCc1c-2ccnc1-c1[c-]c2ccccc2c(C(C)(C)C)c1.CCC(CC)C(=O)/C=C(\O)C(CC)CC.[Ir]. The molecule has 0 atom stereocenters. The molecule has 1 radical (unpaired) electrons. The third-order valence-corrected chi connectivity index (χ3v) is 9.72. The molecule has 3 nitrogen and oxygen atoms in total. The summed E-state index contributed by atoms with van der Waals surface area (Å²) < 4.78 is 0. The van der Waals surface area contributed by atoms with Gasteiger partial charge in [-0.25, -0.2) is 0 Å². The Labute approximate surface area is 304 Å². The molecule has 3 aromatic carbocycles. The average molecular weight is 823 g/mol. The number of hydrogen-bond donors (Lipinski definition) is 1. The van der Waals surface area contributed by atoms with Crippen molar-refractivity contribution in [3.63, 3.8) is 0 Å². The van der Waals surface area contributed by atoms with E-state index in [0.29, 0.717) is 5.92 Å². The number of carbonyl (C=O) groups excluding carboxylic acids is 1. The van der Waals surface area contributed by atoms with Gasteiger partial charge in [-0.2, -0.15) is 0 Å². The third-order valence-electron chi connectivity index (χ3n) is 9.72. The van der Waals surface area contributed by atoms with Gasteiger partial charge < -0.3 is 5.11 Å². The van der Waals surface area contributed by atoms with Gasteiger partial charge in [0.2, 0.25) is 0 Å². The van der Waals surface area contributed by atoms with E-state index < -0.39 is 0 Å². The number of aliphatic hydroxyl groups excluding tert-OH is 1. The largest absolute Gasteiger partial charge is 0.512 e. The van der Waals surface area contributed by atoms with Crippen LogP contribution in [0.25, 0.3) is 33.2 Å². The number of carbonyl (C=O) groups is 1. The zero-order valence-corrected chi connectivity index (χ0v) is 33.1. The Morgan fingerprint density at radius 2 is 1.56 bits per heavy atom. The van der Waals surface area contributed by atoms with Gasteiger partial charge in [0.05, 0.1) is 5.76 Å². The molecular weight excluding hydrogens is 767 g/mol. The quantitative estimate of drug-likeness (QED) is 0.0985. The van der Waals surface area contributed by atoms with Gasteiger partial charge in [-0.3, -0.25) is 9.78 Å². The number of allylic oxidation sites excluding steroid dienone is 2. The molecule has 0 aliphatic heterocycles. The van der Waals surface area contributed by atoms with Crippen LogP contribution in [0.4, 0.5) is 0 Å². The molecule has 4 heteroatoms. The minimum absolute atomic E-state index is 0. The maximum atomic E-state index is 11.7. The third kappa shape index (κ3) is 9.33. The van der Waals surface area contributed by atoms with Crippen molar-refractivity contribution in [2.24, 2.45) is 17.8 Å². The van der Waals surface area contributed by atoms with Gasteiger partial charge in [-0.1, -0.05) is 110 Å². The van der Waals surface area contributed by atoms with E-state index in [1.54, 1.807) is 0 Å². The number of pyridine rings is 1. The molecule has 1 aromatic heterocycles. The average Bonchev–Trinajstić information content (AvgIpc) is 3.04. The predicted octanol–water partition coefficient (Wildman–Crippen LogP) is 11.8. The van der Waals surface area contributed by atoms with E-state index in [9.17, 15) is 9.90 Å². The molecule has 0 fully saturated rings. The normalized spacial score (nSPS) is 12.8. The number of nitrogens with zero attached hydrogens (tertiary/aromatic N) is 1. The first kappa shape index (κ1) is 39.4. The first-order chi connectivity index (χ1) is 22.4. The maximum absolute atomic E-state index is 11.7. The Balaban J connectivity index is 0.000000334. The summed E-state index contributed by atoms with van der Waals surface area (Å²) >= 11 is 0. The number of fused-ring (bicyclic) bond motifs is 4. The van der Waals surface area contributed by atoms with Crippen LogP contribution in [-0.2, 0) is 49.6 Å². The summed E-state index contributed by atoms with van der Waals surface area (Å²) in [7, 11) is 0. The maximum Gasteiger partial charge on any atom is 0.162 e. The second kappa shape index (κ2) is 17.5. The van der Waals surface area contributed by atoms with E-state index in [1.165, 1.54) is 50.2 Å². The van der Waals surface area contributed by atoms with E-state index in [-0.39, 0.29) is 48.9 Å². The number of rotatable bonds is 10. The van der Waals surface area contributed by atoms with Crippen molar-refractivity contribution in [2.45, 2.75) is 113 Å². The van der Waals surface area contributed by atoms with Crippen LogP contribution >= 0.6 is 0 Å². The van der Waals surface area contributed by atoms with Gasteiger partial charge in [0.25, 0.3) is 0 Å². The van der Waals surface area contributed by atoms with Gasteiger partial charge in [-0.05, 0) is 90.2 Å². The van der Waals surface area contributed by atoms with Crippen LogP contribution < -0.4 is 0 Å². The predicted molar refractivity (Wildman–Crippen MR) is 200 cm³/mol.